The molecule has 1 rings (SSSR count). The zero-order valence-electron chi connectivity index (χ0n) is 9.01. The number of halogens is 3. The molecule has 1 aliphatic rings. The molecule has 18 heavy (non-hydrogen) atoms. The number of sulfonamides is 1. The number of alkyl halides is 3. The van der Waals surface area contributed by atoms with Crippen molar-refractivity contribution in [3.05, 3.63) is 0 Å². The van der Waals surface area contributed by atoms with Gasteiger partial charge in [0.05, 0.1) is 19.8 Å². The summed E-state index contributed by atoms with van der Waals surface area (Å²) in [6, 6.07) is 0. The molecule has 0 bridgehead atoms. The van der Waals surface area contributed by atoms with Gasteiger partial charge in [0.2, 0.25) is 0 Å². The predicted octanol–water partition coefficient (Wildman–Crippen LogP) is -0.799. The Hall–Kier alpha value is -0.910. The fourth-order valence-corrected chi connectivity index (χ4v) is 1.55. The number of carbonyl (C=O) groups excluding carboxylic acids is 1. The van der Waals surface area contributed by atoms with Crippen LogP contribution < -0.4 is 5.84 Å². The molecular weight excluding hydrogens is 281 g/mol. The van der Waals surface area contributed by atoms with Crippen LogP contribution in [0.3, 0.4) is 0 Å². The second-order valence-electron chi connectivity index (χ2n) is 3.56. The third-order valence-electron chi connectivity index (χ3n) is 2.08. The van der Waals surface area contributed by atoms with Gasteiger partial charge in [-0.15, -0.1) is 0 Å². The summed E-state index contributed by atoms with van der Waals surface area (Å²) in [7, 11) is -5.86. The highest BCUT2D eigenvalue weighted by molar-refractivity contribution is 7.90. The smallest absolute Gasteiger partial charge is 0.381 e. The fraction of sp³-hybridized carbons (Fsp3) is 0.857. The second-order valence-corrected chi connectivity index (χ2v) is 5.37. The van der Waals surface area contributed by atoms with E-state index in [1.807, 2.05) is 0 Å². The molecule has 0 aromatic heterocycles. The molecule has 0 spiro atoms. The van der Waals surface area contributed by atoms with Gasteiger partial charge in [0.15, 0.2) is 0 Å². The Balaban J connectivity index is 2.45. The molecule has 0 saturated carbocycles. The monoisotopic (exact) mass is 292 g/mol. The summed E-state index contributed by atoms with van der Waals surface area (Å²) in [5.74, 6) is 3.18. The van der Waals surface area contributed by atoms with Gasteiger partial charge in [0.25, 0.3) is 5.91 Å². The van der Waals surface area contributed by atoms with Crippen molar-refractivity contribution in [1.82, 2.24) is 4.41 Å². The highest BCUT2D eigenvalue weighted by Gasteiger charge is 2.51. The summed E-state index contributed by atoms with van der Waals surface area (Å²) in [5, 5.41) is 0. The summed E-state index contributed by atoms with van der Waals surface area (Å²) in [4.78, 5) is 11.1. The van der Waals surface area contributed by atoms with Gasteiger partial charge in [-0.3, -0.25) is 4.79 Å². The van der Waals surface area contributed by atoms with E-state index < -0.39 is 32.5 Å². The van der Waals surface area contributed by atoms with E-state index in [0.29, 0.717) is 13.2 Å². The van der Waals surface area contributed by atoms with Crippen LogP contribution in [0.2, 0.25) is 0 Å². The van der Waals surface area contributed by atoms with E-state index in [0.717, 1.165) is 0 Å². The van der Waals surface area contributed by atoms with E-state index in [9.17, 15) is 26.4 Å². The van der Waals surface area contributed by atoms with Crippen molar-refractivity contribution in [2.45, 2.75) is 5.51 Å². The summed E-state index contributed by atoms with van der Waals surface area (Å²) < 4.78 is 66.3. The summed E-state index contributed by atoms with van der Waals surface area (Å²) in [5.41, 5.74) is -5.63. The zero-order chi connectivity index (χ0) is 14.0. The molecule has 1 amide bonds. The first kappa shape index (κ1) is 15.1. The highest BCUT2D eigenvalue weighted by atomic mass is 32.2. The Morgan fingerprint density at radius 2 is 2.00 bits per heavy atom. The van der Waals surface area contributed by atoms with Crippen LogP contribution in [0.5, 0.6) is 0 Å². The topological polar surface area (TPSA) is 98.9 Å². The van der Waals surface area contributed by atoms with Crippen molar-refractivity contribution in [2.24, 2.45) is 11.8 Å². The number of nitrogens with zero attached hydrogens (tertiary/aromatic N) is 1. The maximum Gasteiger partial charge on any atom is 0.518 e. The third-order valence-corrected chi connectivity index (χ3v) is 3.39. The molecule has 0 aromatic carbocycles. The molecule has 0 atom stereocenters. The summed E-state index contributed by atoms with van der Waals surface area (Å²) in [6.45, 7) is 0.108. The van der Waals surface area contributed by atoms with Crippen molar-refractivity contribution < 1.29 is 35.9 Å². The Bertz CT molecular complexity index is 406. The minimum absolute atomic E-state index is 0.0586. The van der Waals surface area contributed by atoms with Gasteiger partial charge >= 0.3 is 15.5 Å². The lowest BCUT2D eigenvalue weighted by atomic mass is 10.1. The molecule has 1 heterocycles. The van der Waals surface area contributed by atoms with Gasteiger partial charge in [0.1, 0.15) is 6.61 Å². The van der Waals surface area contributed by atoms with Gasteiger partial charge in [0, 0.05) is 5.92 Å². The molecule has 0 unspecified atom stereocenters. The third kappa shape index (κ3) is 3.31. The average molecular weight is 292 g/mol. The van der Waals surface area contributed by atoms with E-state index >= 15 is 0 Å². The Morgan fingerprint density at radius 3 is 2.39 bits per heavy atom. The zero-order valence-corrected chi connectivity index (χ0v) is 9.83. The number of carbonyl (C=O) groups is 1. The van der Waals surface area contributed by atoms with Crippen molar-refractivity contribution >= 4 is 15.9 Å². The maximum atomic E-state index is 12.0. The van der Waals surface area contributed by atoms with Crippen molar-refractivity contribution in [2.75, 3.05) is 26.4 Å². The van der Waals surface area contributed by atoms with Crippen molar-refractivity contribution in [1.29, 1.82) is 0 Å². The van der Waals surface area contributed by atoms with E-state index in [-0.39, 0.29) is 12.5 Å². The van der Waals surface area contributed by atoms with Crippen LogP contribution in [0.25, 0.3) is 0 Å². The Labute approximate surface area is 101 Å². The number of hydrogen-bond acceptors (Lipinski definition) is 6. The second kappa shape index (κ2) is 5.38. The van der Waals surface area contributed by atoms with Crippen LogP contribution in [0.4, 0.5) is 13.2 Å². The van der Waals surface area contributed by atoms with Crippen LogP contribution >= 0.6 is 0 Å². The molecule has 2 N–H and O–H groups in total. The number of amides is 1. The molecule has 0 aliphatic carbocycles. The largest absolute Gasteiger partial charge is 0.518 e. The minimum Gasteiger partial charge on any atom is -0.381 e. The number of nitrogens with two attached hydrogens (primary N) is 1. The van der Waals surface area contributed by atoms with Crippen LogP contribution in [-0.4, -0.2) is 50.7 Å². The van der Waals surface area contributed by atoms with E-state index in [4.69, 9.17) is 9.47 Å². The first-order chi connectivity index (χ1) is 8.16. The molecule has 7 nitrogen and oxygen atoms in total. The van der Waals surface area contributed by atoms with E-state index in [1.165, 1.54) is 0 Å². The standard InChI is InChI=1S/C7H11F3N2O5S/c8-7(9,10)18(14,15)12(11)6(13)4-17-3-5-1-16-2-5/h5H,1-4,11H2. The summed E-state index contributed by atoms with van der Waals surface area (Å²) >= 11 is 0. The molecule has 1 aliphatic heterocycles. The Kier molecular flexibility index (Phi) is 4.53. The SMILES string of the molecule is NN(C(=O)COCC1COC1)S(=O)(=O)C(F)(F)F. The average Bonchev–Trinajstić information content (AvgIpc) is 2.18. The number of rotatable bonds is 5. The molecule has 1 saturated heterocycles. The van der Waals surface area contributed by atoms with Crippen LogP contribution in [0.15, 0.2) is 0 Å². The molecule has 0 aromatic rings. The Morgan fingerprint density at radius 1 is 1.44 bits per heavy atom. The van der Waals surface area contributed by atoms with E-state index in [2.05, 4.69) is 5.84 Å². The van der Waals surface area contributed by atoms with Gasteiger partial charge in [-0.1, -0.05) is 0 Å². The molecule has 106 valence electrons. The lowest BCUT2D eigenvalue weighted by Crippen LogP contribution is -2.50. The van der Waals surface area contributed by atoms with Gasteiger partial charge < -0.3 is 9.47 Å². The van der Waals surface area contributed by atoms with Crippen molar-refractivity contribution in [3.8, 4) is 0 Å². The van der Waals surface area contributed by atoms with Crippen LogP contribution in [0, 0.1) is 5.92 Å². The molecule has 0 radical (unpaired) electrons. The molecule has 1 fully saturated rings. The summed E-state index contributed by atoms with van der Waals surface area (Å²) in [6.07, 6.45) is 0. The fourth-order valence-electron chi connectivity index (χ4n) is 1.00. The van der Waals surface area contributed by atoms with Crippen molar-refractivity contribution in [3.63, 3.8) is 0 Å². The maximum absolute atomic E-state index is 12.0. The number of hydrazine groups is 1. The first-order valence-electron chi connectivity index (χ1n) is 4.71. The van der Waals surface area contributed by atoms with Gasteiger partial charge in [-0.25, -0.2) is 5.84 Å². The number of hydrogen-bond donors (Lipinski definition) is 1. The normalized spacial score (nSPS) is 17.3. The van der Waals surface area contributed by atoms with Gasteiger partial charge in [-0.2, -0.15) is 26.0 Å². The van der Waals surface area contributed by atoms with Gasteiger partial charge in [-0.05, 0) is 0 Å². The van der Waals surface area contributed by atoms with E-state index in [1.54, 1.807) is 0 Å². The lowest BCUT2D eigenvalue weighted by Gasteiger charge is -2.25. The first-order valence-corrected chi connectivity index (χ1v) is 6.15. The van der Waals surface area contributed by atoms with Crippen LogP contribution in [-0.2, 0) is 24.3 Å². The molecular formula is C7H11F3N2O5S. The highest BCUT2D eigenvalue weighted by Crippen LogP contribution is 2.25. The quantitative estimate of drug-likeness (QED) is 0.405. The van der Waals surface area contributed by atoms with Crippen LogP contribution in [0.1, 0.15) is 0 Å². The predicted molar refractivity (Wildman–Crippen MR) is 51.1 cm³/mol. The number of ether oxygens (including phenoxy) is 2. The molecule has 11 heteroatoms. The minimum atomic E-state index is -5.86. The lowest BCUT2D eigenvalue weighted by molar-refractivity contribution is -0.136.